The molecule has 5 unspecified atom stereocenters. The van der Waals surface area contributed by atoms with Gasteiger partial charge in [-0.2, -0.15) is 0 Å². The SMILES string of the molecule is CC(C)CC(NC(=O)C(CC(C)C)NC(=O)C(NC(=O)C(N)Cc1cnc[nH]1)C(C)O)C(=O)O. The molecule has 12 nitrogen and oxygen atoms in total. The first-order chi connectivity index (χ1) is 15.8. The van der Waals surface area contributed by atoms with E-state index in [2.05, 4.69) is 25.9 Å². The zero-order valence-electron chi connectivity index (χ0n) is 20.4. The maximum atomic E-state index is 12.9. The van der Waals surface area contributed by atoms with Crippen molar-refractivity contribution in [2.75, 3.05) is 0 Å². The Hall–Kier alpha value is -2.99. The van der Waals surface area contributed by atoms with Crippen molar-refractivity contribution in [2.24, 2.45) is 17.6 Å². The molecular weight excluding hydrogens is 444 g/mol. The van der Waals surface area contributed by atoms with E-state index < -0.39 is 54.0 Å². The number of aromatic amines is 1. The summed E-state index contributed by atoms with van der Waals surface area (Å²) >= 11 is 0. The van der Waals surface area contributed by atoms with Gasteiger partial charge in [-0.1, -0.05) is 27.7 Å². The summed E-state index contributed by atoms with van der Waals surface area (Å²) in [4.78, 5) is 56.5. The van der Waals surface area contributed by atoms with Crippen LogP contribution in [0.3, 0.4) is 0 Å². The number of aromatic nitrogens is 2. The van der Waals surface area contributed by atoms with Gasteiger partial charge in [-0.25, -0.2) is 9.78 Å². The molecule has 192 valence electrons. The van der Waals surface area contributed by atoms with Gasteiger partial charge in [0, 0.05) is 18.3 Å². The molecule has 0 bridgehead atoms. The van der Waals surface area contributed by atoms with Crippen molar-refractivity contribution in [1.82, 2.24) is 25.9 Å². The normalized spacial score (nSPS) is 15.8. The van der Waals surface area contributed by atoms with Gasteiger partial charge in [0.25, 0.3) is 0 Å². The van der Waals surface area contributed by atoms with Gasteiger partial charge in [0.15, 0.2) is 0 Å². The number of carboxylic acid groups (broad SMARTS) is 1. The number of rotatable bonds is 14. The lowest BCUT2D eigenvalue weighted by molar-refractivity contribution is -0.143. The average molecular weight is 483 g/mol. The number of aliphatic hydroxyl groups excluding tert-OH is 1. The lowest BCUT2D eigenvalue weighted by atomic mass is 10.00. The monoisotopic (exact) mass is 482 g/mol. The third kappa shape index (κ3) is 9.87. The van der Waals surface area contributed by atoms with Gasteiger partial charge >= 0.3 is 5.97 Å². The van der Waals surface area contributed by atoms with Crippen molar-refractivity contribution in [3.05, 3.63) is 18.2 Å². The number of nitrogens with one attached hydrogen (secondary N) is 4. The summed E-state index contributed by atoms with van der Waals surface area (Å²) in [7, 11) is 0. The summed E-state index contributed by atoms with van der Waals surface area (Å²) in [6.45, 7) is 8.69. The van der Waals surface area contributed by atoms with E-state index >= 15 is 0 Å². The molecule has 8 N–H and O–H groups in total. The first kappa shape index (κ1) is 29.0. The van der Waals surface area contributed by atoms with Crippen LogP contribution < -0.4 is 21.7 Å². The summed E-state index contributed by atoms with van der Waals surface area (Å²) in [5.41, 5.74) is 6.53. The van der Waals surface area contributed by atoms with E-state index in [0.717, 1.165) is 0 Å². The third-order valence-electron chi connectivity index (χ3n) is 5.06. The Morgan fingerprint density at radius 2 is 1.50 bits per heavy atom. The van der Waals surface area contributed by atoms with Gasteiger partial charge in [0.05, 0.1) is 18.5 Å². The largest absolute Gasteiger partial charge is 0.480 e. The molecule has 1 rings (SSSR count). The predicted octanol–water partition coefficient (Wildman–Crippen LogP) is -0.708. The second-order valence-electron chi connectivity index (χ2n) is 9.33. The Kier molecular flexibility index (Phi) is 11.7. The molecule has 0 radical (unpaired) electrons. The number of imidazole rings is 1. The Morgan fingerprint density at radius 1 is 0.941 bits per heavy atom. The van der Waals surface area contributed by atoms with Crippen LogP contribution in [0, 0.1) is 11.8 Å². The van der Waals surface area contributed by atoms with Crippen molar-refractivity contribution >= 4 is 23.7 Å². The molecule has 1 aromatic heterocycles. The second kappa shape index (κ2) is 13.7. The quantitative estimate of drug-likeness (QED) is 0.180. The number of nitrogens with zero attached hydrogens (tertiary/aromatic N) is 1. The highest BCUT2D eigenvalue weighted by atomic mass is 16.4. The summed E-state index contributed by atoms with van der Waals surface area (Å²) in [5.74, 6) is -3.25. The van der Waals surface area contributed by atoms with E-state index in [1.165, 1.54) is 19.4 Å². The number of hydrogen-bond donors (Lipinski definition) is 7. The van der Waals surface area contributed by atoms with Gasteiger partial charge in [0.1, 0.15) is 18.1 Å². The van der Waals surface area contributed by atoms with Crippen LogP contribution in [0.4, 0.5) is 0 Å². The maximum absolute atomic E-state index is 12.9. The molecule has 0 fully saturated rings. The van der Waals surface area contributed by atoms with Crippen LogP contribution in [0.1, 0.15) is 53.2 Å². The summed E-state index contributed by atoms with van der Waals surface area (Å²) < 4.78 is 0. The smallest absolute Gasteiger partial charge is 0.326 e. The highest BCUT2D eigenvalue weighted by Gasteiger charge is 2.33. The summed E-state index contributed by atoms with van der Waals surface area (Å²) in [6.07, 6.45) is 2.28. The number of carbonyl (C=O) groups excluding carboxylic acids is 3. The topological polar surface area (TPSA) is 200 Å². The fraction of sp³-hybridized carbons (Fsp3) is 0.682. The van der Waals surface area contributed by atoms with Crippen molar-refractivity contribution in [3.63, 3.8) is 0 Å². The van der Waals surface area contributed by atoms with Crippen LogP contribution in [0.15, 0.2) is 12.5 Å². The first-order valence-electron chi connectivity index (χ1n) is 11.4. The first-order valence-corrected chi connectivity index (χ1v) is 11.4. The molecule has 0 aliphatic heterocycles. The second-order valence-corrected chi connectivity index (χ2v) is 9.33. The van der Waals surface area contributed by atoms with E-state index in [-0.39, 0.29) is 31.1 Å². The molecule has 1 heterocycles. The number of aliphatic carboxylic acids is 1. The standard InChI is InChI=1S/C22H38N6O6/c1-11(2)6-16(20(31)27-17(22(33)34)7-12(3)4)26-21(32)18(13(5)29)28-19(30)15(23)8-14-9-24-10-25-14/h9-13,15-18,29H,6-8,23H2,1-5H3,(H,24,25)(H,26,32)(H,27,31)(H,28,30)(H,33,34). The Labute approximate surface area is 199 Å². The van der Waals surface area contributed by atoms with E-state index in [1.54, 1.807) is 0 Å². The third-order valence-corrected chi connectivity index (χ3v) is 5.06. The van der Waals surface area contributed by atoms with Crippen LogP contribution in [0.5, 0.6) is 0 Å². The number of carbonyl (C=O) groups is 4. The van der Waals surface area contributed by atoms with Crippen molar-refractivity contribution in [3.8, 4) is 0 Å². The van der Waals surface area contributed by atoms with Crippen LogP contribution in [-0.2, 0) is 25.6 Å². The van der Waals surface area contributed by atoms with Gasteiger partial charge in [-0.3, -0.25) is 14.4 Å². The van der Waals surface area contributed by atoms with Gasteiger partial charge < -0.3 is 36.9 Å². The van der Waals surface area contributed by atoms with Crippen molar-refractivity contribution in [2.45, 2.75) is 84.2 Å². The van der Waals surface area contributed by atoms with Crippen LogP contribution >= 0.6 is 0 Å². The fourth-order valence-electron chi connectivity index (χ4n) is 3.32. The summed E-state index contributed by atoms with van der Waals surface area (Å²) in [5, 5.41) is 27.0. The van der Waals surface area contributed by atoms with E-state index in [0.29, 0.717) is 5.69 Å². The zero-order valence-corrected chi connectivity index (χ0v) is 20.4. The Balaban J connectivity index is 2.90. The fourth-order valence-corrected chi connectivity index (χ4v) is 3.32. The molecule has 12 heteroatoms. The molecule has 1 aromatic rings. The lowest BCUT2D eigenvalue weighted by Gasteiger charge is -2.27. The molecule has 34 heavy (non-hydrogen) atoms. The molecule has 5 atom stereocenters. The van der Waals surface area contributed by atoms with Crippen LogP contribution in [0.2, 0.25) is 0 Å². The molecule has 3 amide bonds. The average Bonchev–Trinajstić information content (AvgIpc) is 3.22. The minimum atomic E-state index is -1.37. The number of aliphatic hydroxyl groups is 1. The van der Waals surface area contributed by atoms with Gasteiger partial charge in [0.2, 0.25) is 17.7 Å². The number of amides is 3. The van der Waals surface area contributed by atoms with E-state index in [4.69, 9.17) is 5.73 Å². The van der Waals surface area contributed by atoms with E-state index in [9.17, 15) is 29.4 Å². The number of nitrogens with two attached hydrogens (primary N) is 1. The number of H-pyrrole nitrogens is 1. The van der Waals surface area contributed by atoms with Crippen LogP contribution in [-0.4, -0.2) is 74.1 Å². The summed E-state index contributed by atoms with van der Waals surface area (Å²) in [6, 6.07) is -4.53. The Morgan fingerprint density at radius 3 is 1.97 bits per heavy atom. The van der Waals surface area contributed by atoms with E-state index in [1.807, 2.05) is 27.7 Å². The Bertz CT molecular complexity index is 811. The molecule has 0 saturated carbocycles. The van der Waals surface area contributed by atoms with Gasteiger partial charge in [-0.05, 0) is 31.6 Å². The van der Waals surface area contributed by atoms with Gasteiger partial charge in [-0.15, -0.1) is 0 Å². The van der Waals surface area contributed by atoms with Crippen molar-refractivity contribution < 1.29 is 29.4 Å². The minimum absolute atomic E-state index is 0.00755. The number of hydrogen-bond acceptors (Lipinski definition) is 7. The number of carboxylic acids is 1. The zero-order chi connectivity index (χ0) is 26.0. The van der Waals surface area contributed by atoms with Crippen LogP contribution in [0.25, 0.3) is 0 Å². The molecule has 0 aliphatic rings. The molecule has 0 aromatic carbocycles. The maximum Gasteiger partial charge on any atom is 0.326 e. The highest BCUT2D eigenvalue weighted by Crippen LogP contribution is 2.10. The lowest BCUT2D eigenvalue weighted by Crippen LogP contribution is -2.60. The molecule has 0 aliphatic carbocycles. The molecule has 0 saturated heterocycles. The molecule has 0 spiro atoms. The molecular formula is C22H38N6O6. The van der Waals surface area contributed by atoms with Crippen molar-refractivity contribution in [1.29, 1.82) is 0 Å². The minimum Gasteiger partial charge on any atom is -0.480 e. The highest BCUT2D eigenvalue weighted by molar-refractivity contribution is 5.94. The predicted molar refractivity (Wildman–Crippen MR) is 124 cm³/mol.